The van der Waals surface area contributed by atoms with Crippen LogP contribution in [-0.2, 0) is 14.8 Å². The first-order valence-corrected chi connectivity index (χ1v) is 6.85. The largest absolute Gasteiger partial charge is 0.382 e. The molecule has 0 radical (unpaired) electrons. The molecule has 0 saturated carbocycles. The Morgan fingerprint density at radius 3 is 2.65 bits per heavy atom. The minimum Gasteiger partial charge on any atom is -0.382 e. The van der Waals surface area contributed by atoms with Gasteiger partial charge < -0.3 is 10.8 Å². The summed E-state index contributed by atoms with van der Waals surface area (Å²) >= 11 is 0. The molecule has 0 aliphatic heterocycles. The van der Waals surface area contributed by atoms with Gasteiger partial charge in [0.05, 0.1) is 9.82 Å². The number of primary amides is 1. The Balaban J connectivity index is 3.01. The molecule has 4 N–H and O–H groups in total. The SMILES string of the molecule is Cc1ccc(S(=O)(=O)NCC(O)C(N)=O)cc1[N+](=O)[O-]. The monoisotopic (exact) mass is 303 g/mol. The fraction of sp³-hybridized carbons (Fsp3) is 0.300. The molecule has 0 fully saturated rings. The van der Waals surface area contributed by atoms with Crippen LogP contribution in [0.5, 0.6) is 0 Å². The van der Waals surface area contributed by atoms with E-state index in [4.69, 9.17) is 10.8 Å². The van der Waals surface area contributed by atoms with Gasteiger partial charge in [-0.05, 0) is 13.0 Å². The molecule has 20 heavy (non-hydrogen) atoms. The normalized spacial score (nSPS) is 12.9. The summed E-state index contributed by atoms with van der Waals surface area (Å²) in [5.41, 5.74) is 4.74. The number of aliphatic hydroxyl groups excluding tert-OH is 1. The quantitative estimate of drug-likeness (QED) is 0.454. The number of hydrogen-bond acceptors (Lipinski definition) is 6. The molecule has 1 amide bonds. The molecule has 0 bridgehead atoms. The minimum atomic E-state index is -4.08. The summed E-state index contributed by atoms with van der Waals surface area (Å²) < 4.78 is 25.6. The standard InChI is InChI=1S/C10H13N3O6S/c1-6-2-3-7(4-8(6)13(16)17)20(18,19)12-5-9(14)10(11)15/h2-4,9,12,14H,5H2,1H3,(H2,11,15). The van der Waals surface area contributed by atoms with Crippen molar-refractivity contribution in [1.29, 1.82) is 0 Å². The molecule has 1 rings (SSSR count). The van der Waals surface area contributed by atoms with Crippen molar-refractivity contribution in [2.75, 3.05) is 6.54 Å². The summed E-state index contributed by atoms with van der Waals surface area (Å²) in [6, 6.07) is 3.37. The maximum absolute atomic E-state index is 11.8. The second-order valence-corrected chi connectivity index (χ2v) is 5.74. The minimum absolute atomic E-state index is 0.311. The number of rotatable bonds is 6. The predicted molar refractivity (Wildman–Crippen MR) is 68.2 cm³/mol. The van der Waals surface area contributed by atoms with Crippen LogP contribution in [0.15, 0.2) is 23.1 Å². The van der Waals surface area contributed by atoms with E-state index in [1.807, 2.05) is 4.72 Å². The van der Waals surface area contributed by atoms with Gasteiger partial charge in [0.1, 0.15) is 6.10 Å². The number of nitro benzene ring substituents is 1. The zero-order valence-electron chi connectivity index (χ0n) is 10.4. The maximum Gasteiger partial charge on any atom is 0.273 e. The summed E-state index contributed by atoms with van der Waals surface area (Å²) in [5.74, 6) is -1.08. The highest BCUT2D eigenvalue weighted by Gasteiger charge is 2.21. The lowest BCUT2D eigenvalue weighted by molar-refractivity contribution is -0.385. The molecule has 0 saturated heterocycles. The highest BCUT2D eigenvalue weighted by Crippen LogP contribution is 2.21. The second-order valence-electron chi connectivity index (χ2n) is 3.98. The van der Waals surface area contributed by atoms with E-state index in [9.17, 15) is 23.3 Å². The van der Waals surface area contributed by atoms with E-state index in [1.165, 1.54) is 19.1 Å². The number of amides is 1. The van der Waals surface area contributed by atoms with Crippen molar-refractivity contribution in [3.63, 3.8) is 0 Å². The second kappa shape index (κ2) is 5.94. The van der Waals surface area contributed by atoms with Crippen LogP contribution in [0.2, 0.25) is 0 Å². The fourth-order valence-electron chi connectivity index (χ4n) is 1.33. The first-order chi connectivity index (χ1) is 9.15. The summed E-state index contributed by atoms with van der Waals surface area (Å²) in [7, 11) is -4.08. The van der Waals surface area contributed by atoms with Crippen molar-refractivity contribution in [2.45, 2.75) is 17.9 Å². The number of nitrogens with zero attached hydrogens (tertiary/aromatic N) is 1. The summed E-state index contributed by atoms with van der Waals surface area (Å²) in [6.07, 6.45) is -1.68. The van der Waals surface area contributed by atoms with Crippen LogP contribution < -0.4 is 10.5 Å². The van der Waals surface area contributed by atoms with Gasteiger partial charge in [-0.15, -0.1) is 0 Å². The lowest BCUT2D eigenvalue weighted by Crippen LogP contribution is -2.39. The van der Waals surface area contributed by atoms with Gasteiger partial charge in [0.15, 0.2) is 0 Å². The van der Waals surface area contributed by atoms with Crippen LogP contribution in [-0.4, -0.2) is 37.0 Å². The molecular formula is C10H13N3O6S. The molecule has 0 aromatic heterocycles. The molecule has 1 aromatic rings. The Bertz CT molecular complexity index is 642. The van der Waals surface area contributed by atoms with Crippen LogP contribution in [0.3, 0.4) is 0 Å². The number of nitro groups is 1. The predicted octanol–water partition coefficient (Wildman–Crippen LogP) is -0.972. The van der Waals surface area contributed by atoms with Crippen molar-refractivity contribution < 1.29 is 23.2 Å². The van der Waals surface area contributed by atoms with Crippen LogP contribution in [0, 0.1) is 17.0 Å². The molecule has 0 aliphatic carbocycles. The molecule has 1 unspecified atom stereocenters. The Morgan fingerprint density at radius 2 is 2.15 bits per heavy atom. The van der Waals surface area contributed by atoms with Crippen molar-refractivity contribution in [2.24, 2.45) is 5.73 Å². The fourth-order valence-corrected chi connectivity index (χ4v) is 2.38. The van der Waals surface area contributed by atoms with Crippen LogP contribution in [0.1, 0.15) is 5.56 Å². The number of aryl methyl sites for hydroxylation is 1. The van der Waals surface area contributed by atoms with Gasteiger partial charge in [0.2, 0.25) is 15.9 Å². The van der Waals surface area contributed by atoms with Gasteiger partial charge in [-0.1, -0.05) is 6.07 Å². The zero-order valence-corrected chi connectivity index (χ0v) is 11.3. The van der Waals surface area contributed by atoms with Gasteiger partial charge in [-0.25, -0.2) is 13.1 Å². The van der Waals surface area contributed by atoms with E-state index in [1.54, 1.807) is 0 Å². The summed E-state index contributed by atoms with van der Waals surface area (Å²) in [4.78, 5) is 20.3. The van der Waals surface area contributed by atoms with Gasteiger partial charge >= 0.3 is 0 Å². The highest BCUT2D eigenvalue weighted by molar-refractivity contribution is 7.89. The van der Waals surface area contributed by atoms with Crippen molar-refractivity contribution >= 4 is 21.6 Å². The number of nitrogens with two attached hydrogens (primary N) is 1. The Morgan fingerprint density at radius 1 is 1.55 bits per heavy atom. The number of benzene rings is 1. The number of sulfonamides is 1. The average Bonchev–Trinajstić information content (AvgIpc) is 2.35. The molecule has 0 spiro atoms. The molecule has 9 nitrogen and oxygen atoms in total. The smallest absolute Gasteiger partial charge is 0.273 e. The van der Waals surface area contributed by atoms with E-state index in [2.05, 4.69) is 0 Å². The maximum atomic E-state index is 11.8. The third kappa shape index (κ3) is 3.73. The van der Waals surface area contributed by atoms with E-state index >= 15 is 0 Å². The Hall–Kier alpha value is -2.04. The van der Waals surface area contributed by atoms with Gasteiger partial charge in [-0.2, -0.15) is 0 Å². The highest BCUT2D eigenvalue weighted by atomic mass is 32.2. The van der Waals surface area contributed by atoms with Crippen molar-refractivity contribution in [3.8, 4) is 0 Å². The van der Waals surface area contributed by atoms with E-state index in [-0.39, 0.29) is 10.6 Å². The first kappa shape index (κ1) is 16.0. The molecular weight excluding hydrogens is 290 g/mol. The van der Waals surface area contributed by atoms with Crippen molar-refractivity contribution in [3.05, 3.63) is 33.9 Å². The third-order valence-corrected chi connectivity index (χ3v) is 3.90. The third-order valence-electron chi connectivity index (χ3n) is 2.48. The Kier molecular flexibility index (Phi) is 4.76. The molecule has 1 aromatic carbocycles. The first-order valence-electron chi connectivity index (χ1n) is 5.37. The number of hydrogen-bond donors (Lipinski definition) is 3. The molecule has 10 heteroatoms. The number of aliphatic hydroxyl groups is 1. The van der Waals surface area contributed by atoms with Crippen LogP contribution in [0.4, 0.5) is 5.69 Å². The van der Waals surface area contributed by atoms with Gasteiger partial charge in [0.25, 0.3) is 5.69 Å². The number of carbonyl (C=O) groups excluding carboxylic acids is 1. The van der Waals surface area contributed by atoms with E-state index in [0.29, 0.717) is 5.56 Å². The van der Waals surface area contributed by atoms with Crippen LogP contribution >= 0.6 is 0 Å². The lowest BCUT2D eigenvalue weighted by Gasteiger charge is -2.09. The summed E-state index contributed by atoms with van der Waals surface area (Å²) in [5, 5.41) is 19.9. The average molecular weight is 303 g/mol. The van der Waals surface area contributed by atoms with E-state index in [0.717, 1.165) is 6.07 Å². The molecule has 0 aliphatic rings. The molecule has 0 heterocycles. The molecule has 110 valence electrons. The summed E-state index contributed by atoms with van der Waals surface area (Å²) in [6.45, 7) is 0.859. The van der Waals surface area contributed by atoms with E-state index < -0.39 is 33.5 Å². The molecule has 1 atom stereocenters. The zero-order chi connectivity index (χ0) is 15.5. The van der Waals surface area contributed by atoms with Crippen molar-refractivity contribution in [1.82, 2.24) is 4.72 Å². The van der Waals surface area contributed by atoms with Gasteiger partial charge in [0, 0.05) is 18.2 Å². The number of carbonyl (C=O) groups is 1. The topological polar surface area (TPSA) is 153 Å². The van der Waals surface area contributed by atoms with Crippen LogP contribution in [0.25, 0.3) is 0 Å². The lowest BCUT2D eigenvalue weighted by atomic mass is 10.2. The Labute approximate surface area is 114 Å². The van der Waals surface area contributed by atoms with Gasteiger partial charge in [-0.3, -0.25) is 14.9 Å². The number of nitrogens with one attached hydrogen (secondary N) is 1.